The number of rotatable bonds is 5. The average molecular weight is 226 g/mol. The zero-order valence-electron chi connectivity index (χ0n) is 8.55. The van der Waals surface area contributed by atoms with Gasteiger partial charge in [-0.15, -0.1) is 0 Å². The molecular weight excluding hydrogens is 212 g/mol. The summed E-state index contributed by atoms with van der Waals surface area (Å²) in [6.45, 7) is 1.95. The summed E-state index contributed by atoms with van der Waals surface area (Å²) in [4.78, 5) is 8.31. The number of aryl methyl sites for hydroxylation is 1. The van der Waals surface area contributed by atoms with Crippen LogP contribution in [-0.4, -0.2) is 26.8 Å². The van der Waals surface area contributed by atoms with Crippen molar-refractivity contribution in [3.63, 3.8) is 0 Å². The molecule has 0 fully saturated rings. The lowest BCUT2D eigenvalue weighted by atomic mass is 10.3. The third kappa shape index (κ3) is 4.64. The van der Waals surface area contributed by atoms with Crippen molar-refractivity contribution in [2.75, 3.05) is 5.75 Å². The van der Waals surface area contributed by atoms with Crippen LogP contribution in [0.5, 0.6) is 0 Å². The lowest BCUT2D eigenvalue weighted by Gasteiger charge is -1.99. The molecule has 6 heteroatoms. The molecule has 1 aromatic rings. The number of hydrogen-bond acceptors (Lipinski definition) is 5. The molecule has 0 spiro atoms. The molecule has 0 aliphatic carbocycles. The molecule has 0 amide bonds. The van der Waals surface area contributed by atoms with E-state index in [9.17, 15) is 0 Å². The maximum atomic E-state index is 8.31. The number of amidine groups is 1. The molecule has 0 saturated heterocycles. The smallest absolute Gasteiger partial charge is 0.187 e. The first kappa shape index (κ1) is 11.8. The maximum Gasteiger partial charge on any atom is 0.187 e. The molecule has 0 saturated carbocycles. The molecule has 0 atom stereocenters. The van der Waals surface area contributed by atoms with Crippen LogP contribution >= 0.6 is 11.8 Å². The standard InChI is InChI=1S/C9H14N4OS/c1-7-5-11-9(12-6-7)15-4-2-3-8(10)13-14/h5-6,14H,2-4H2,1H3,(H2,10,13). The average Bonchev–Trinajstić information content (AvgIpc) is 2.26. The van der Waals surface area contributed by atoms with Gasteiger partial charge < -0.3 is 10.9 Å². The fraction of sp³-hybridized carbons (Fsp3) is 0.444. The van der Waals surface area contributed by atoms with E-state index in [4.69, 9.17) is 10.9 Å². The predicted molar refractivity (Wildman–Crippen MR) is 60.1 cm³/mol. The van der Waals surface area contributed by atoms with Crippen molar-refractivity contribution in [2.24, 2.45) is 10.9 Å². The zero-order valence-corrected chi connectivity index (χ0v) is 9.37. The Bertz CT molecular complexity index is 325. The van der Waals surface area contributed by atoms with Crippen molar-refractivity contribution in [3.05, 3.63) is 18.0 Å². The summed E-state index contributed by atoms with van der Waals surface area (Å²) in [7, 11) is 0. The van der Waals surface area contributed by atoms with E-state index in [0.717, 1.165) is 22.9 Å². The Morgan fingerprint density at radius 1 is 1.53 bits per heavy atom. The minimum Gasteiger partial charge on any atom is -0.409 e. The highest BCUT2D eigenvalue weighted by Crippen LogP contribution is 2.13. The molecule has 1 rings (SSSR count). The number of aromatic nitrogens is 2. The maximum absolute atomic E-state index is 8.31. The molecule has 0 aromatic carbocycles. The monoisotopic (exact) mass is 226 g/mol. The summed E-state index contributed by atoms with van der Waals surface area (Å²) < 4.78 is 0. The molecule has 1 heterocycles. The third-order valence-corrected chi connectivity index (χ3v) is 2.66. The second-order valence-electron chi connectivity index (χ2n) is 3.09. The number of hydrogen-bond donors (Lipinski definition) is 2. The second kappa shape index (κ2) is 6.23. The van der Waals surface area contributed by atoms with Crippen molar-refractivity contribution in [2.45, 2.75) is 24.9 Å². The van der Waals surface area contributed by atoms with Crippen LogP contribution < -0.4 is 5.73 Å². The Morgan fingerprint density at radius 3 is 2.80 bits per heavy atom. The first-order valence-corrected chi connectivity index (χ1v) is 5.59. The van der Waals surface area contributed by atoms with Gasteiger partial charge >= 0.3 is 0 Å². The van der Waals surface area contributed by atoms with E-state index < -0.39 is 0 Å². The molecule has 0 aliphatic rings. The van der Waals surface area contributed by atoms with Crippen molar-refractivity contribution in [1.82, 2.24) is 9.97 Å². The minimum atomic E-state index is 0.264. The van der Waals surface area contributed by atoms with Gasteiger partial charge in [0.25, 0.3) is 0 Å². The first-order valence-electron chi connectivity index (χ1n) is 4.60. The van der Waals surface area contributed by atoms with Crippen LogP contribution in [0.4, 0.5) is 0 Å². The molecule has 1 aromatic heterocycles. The molecule has 15 heavy (non-hydrogen) atoms. The van der Waals surface area contributed by atoms with Crippen LogP contribution in [0.1, 0.15) is 18.4 Å². The summed E-state index contributed by atoms with van der Waals surface area (Å²) in [5.74, 6) is 1.12. The molecule has 0 bridgehead atoms. The van der Waals surface area contributed by atoms with E-state index >= 15 is 0 Å². The summed E-state index contributed by atoms with van der Waals surface area (Å²) in [5, 5.41) is 12.0. The van der Waals surface area contributed by atoms with Crippen LogP contribution in [0.15, 0.2) is 22.7 Å². The summed E-state index contributed by atoms with van der Waals surface area (Å²) in [6, 6.07) is 0. The van der Waals surface area contributed by atoms with Gasteiger partial charge in [-0.05, 0) is 18.9 Å². The normalized spacial score (nSPS) is 11.7. The highest BCUT2D eigenvalue weighted by atomic mass is 32.2. The van der Waals surface area contributed by atoms with Crippen LogP contribution in [0.25, 0.3) is 0 Å². The van der Waals surface area contributed by atoms with Crippen LogP contribution in [0, 0.1) is 6.92 Å². The largest absolute Gasteiger partial charge is 0.409 e. The fourth-order valence-corrected chi connectivity index (χ4v) is 1.65. The Kier molecular flexibility index (Phi) is 4.89. The van der Waals surface area contributed by atoms with E-state index in [1.54, 1.807) is 24.2 Å². The molecule has 5 nitrogen and oxygen atoms in total. The molecule has 0 unspecified atom stereocenters. The SMILES string of the molecule is Cc1cnc(SCCC/C(N)=N/O)nc1. The van der Waals surface area contributed by atoms with Gasteiger partial charge in [-0.3, -0.25) is 0 Å². The quantitative estimate of drug-likeness (QED) is 0.151. The zero-order chi connectivity index (χ0) is 11.1. The van der Waals surface area contributed by atoms with Gasteiger partial charge in [-0.2, -0.15) is 0 Å². The number of nitrogens with zero attached hydrogens (tertiary/aromatic N) is 3. The van der Waals surface area contributed by atoms with Gasteiger partial charge in [0, 0.05) is 24.6 Å². The van der Waals surface area contributed by atoms with Crippen molar-refractivity contribution < 1.29 is 5.21 Å². The van der Waals surface area contributed by atoms with Crippen molar-refractivity contribution in [3.8, 4) is 0 Å². The van der Waals surface area contributed by atoms with Crippen LogP contribution in [0.3, 0.4) is 0 Å². The van der Waals surface area contributed by atoms with E-state index in [0.29, 0.717) is 6.42 Å². The molecule has 3 N–H and O–H groups in total. The molecule has 82 valence electrons. The Labute approximate surface area is 92.8 Å². The second-order valence-corrected chi connectivity index (χ2v) is 4.15. The minimum absolute atomic E-state index is 0.264. The summed E-state index contributed by atoms with van der Waals surface area (Å²) in [5.41, 5.74) is 6.38. The van der Waals surface area contributed by atoms with Crippen molar-refractivity contribution in [1.29, 1.82) is 0 Å². The summed E-state index contributed by atoms with van der Waals surface area (Å²) in [6.07, 6.45) is 5.02. The topological polar surface area (TPSA) is 84.4 Å². The Morgan fingerprint density at radius 2 is 2.20 bits per heavy atom. The Hall–Kier alpha value is -1.30. The van der Waals surface area contributed by atoms with Gasteiger partial charge in [0.1, 0.15) is 5.84 Å². The molecule has 0 aliphatic heterocycles. The lowest BCUT2D eigenvalue weighted by Crippen LogP contribution is -2.11. The summed E-state index contributed by atoms with van der Waals surface area (Å²) >= 11 is 1.57. The highest BCUT2D eigenvalue weighted by molar-refractivity contribution is 7.99. The number of oxime groups is 1. The lowest BCUT2D eigenvalue weighted by molar-refractivity contribution is 0.317. The van der Waals surface area contributed by atoms with Gasteiger partial charge in [-0.25, -0.2) is 9.97 Å². The predicted octanol–water partition coefficient (Wildman–Crippen LogP) is 1.40. The van der Waals surface area contributed by atoms with Crippen molar-refractivity contribution >= 4 is 17.6 Å². The molecular formula is C9H14N4OS. The fourth-order valence-electron chi connectivity index (χ4n) is 0.922. The van der Waals surface area contributed by atoms with E-state index in [1.807, 2.05) is 6.92 Å². The van der Waals surface area contributed by atoms with Gasteiger partial charge in [-0.1, -0.05) is 16.9 Å². The molecule has 0 radical (unpaired) electrons. The highest BCUT2D eigenvalue weighted by Gasteiger charge is 1.98. The van der Waals surface area contributed by atoms with Crippen LogP contribution in [0.2, 0.25) is 0 Å². The van der Waals surface area contributed by atoms with E-state index in [-0.39, 0.29) is 5.84 Å². The first-order chi connectivity index (χ1) is 7.22. The van der Waals surface area contributed by atoms with E-state index in [1.165, 1.54) is 0 Å². The Balaban J connectivity index is 2.23. The van der Waals surface area contributed by atoms with Gasteiger partial charge in [0.2, 0.25) is 0 Å². The van der Waals surface area contributed by atoms with E-state index in [2.05, 4.69) is 15.1 Å². The third-order valence-electron chi connectivity index (χ3n) is 1.69. The van der Waals surface area contributed by atoms with Crippen LogP contribution in [-0.2, 0) is 0 Å². The van der Waals surface area contributed by atoms with Gasteiger partial charge in [0.05, 0.1) is 0 Å². The number of thioether (sulfide) groups is 1. The number of nitrogens with two attached hydrogens (primary N) is 1. The van der Waals surface area contributed by atoms with Gasteiger partial charge in [0.15, 0.2) is 5.16 Å².